The molecule has 0 bridgehead atoms. The fourth-order valence-electron chi connectivity index (χ4n) is 2.45. The van der Waals surface area contributed by atoms with Gasteiger partial charge < -0.3 is 0 Å². The molecule has 1 aliphatic rings. The van der Waals surface area contributed by atoms with Crippen molar-refractivity contribution in [2.45, 2.75) is 13.0 Å². The number of hydrogen-bond acceptors (Lipinski definition) is 1. The summed E-state index contributed by atoms with van der Waals surface area (Å²) in [4.78, 5) is 13.8. The van der Waals surface area contributed by atoms with Crippen LogP contribution in [0.4, 0.5) is 5.69 Å². The van der Waals surface area contributed by atoms with Crippen molar-refractivity contribution in [3.05, 3.63) is 76.8 Å². The highest BCUT2D eigenvalue weighted by Gasteiger charge is 2.42. The average molecular weight is 284 g/mol. The number of amides is 1. The Labute approximate surface area is 123 Å². The monoisotopic (exact) mass is 283 g/mol. The highest BCUT2D eigenvalue weighted by Crippen LogP contribution is 2.42. The van der Waals surface area contributed by atoms with E-state index in [1.54, 1.807) is 17.0 Å². The summed E-state index contributed by atoms with van der Waals surface area (Å²) in [5, 5.41) is 0.660. The maximum atomic E-state index is 12.1. The summed E-state index contributed by atoms with van der Waals surface area (Å²) >= 11 is 5.89. The van der Waals surface area contributed by atoms with Crippen LogP contribution in [0.3, 0.4) is 0 Å². The number of β-lactam (4-membered cyclic amide) rings is 1. The van der Waals surface area contributed by atoms with Crippen molar-refractivity contribution in [2.24, 2.45) is 0 Å². The lowest BCUT2D eigenvalue weighted by Gasteiger charge is -2.42. The van der Waals surface area contributed by atoms with E-state index in [-0.39, 0.29) is 11.9 Å². The molecule has 0 unspecified atom stereocenters. The molecule has 1 fully saturated rings. The van der Waals surface area contributed by atoms with Gasteiger partial charge >= 0.3 is 0 Å². The molecule has 3 rings (SSSR count). The maximum Gasteiger partial charge on any atom is 0.256 e. The summed E-state index contributed by atoms with van der Waals surface area (Å²) in [5.74, 6) is -0.0297. The molecule has 0 aliphatic carbocycles. The van der Waals surface area contributed by atoms with Crippen LogP contribution in [0.2, 0.25) is 5.02 Å². The van der Waals surface area contributed by atoms with E-state index in [0.29, 0.717) is 10.6 Å². The van der Waals surface area contributed by atoms with Gasteiger partial charge in [0.2, 0.25) is 0 Å². The van der Waals surface area contributed by atoms with Crippen LogP contribution in [0.1, 0.15) is 17.2 Å². The number of benzene rings is 2. The second-order valence-electron chi connectivity index (χ2n) is 4.99. The largest absolute Gasteiger partial charge is 0.297 e. The first-order valence-corrected chi connectivity index (χ1v) is 6.80. The van der Waals surface area contributed by atoms with Gasteiger partial charge in [0, 0.05) is 16.3 Å². The molecule has 2 aromatic rings. The molecule has 1 saturated heterocycles. The molecular weight excluding hydrogens is 270 g/mol. The van der Waals surface area contributed by atoms with E-state index in [4.69, 9.17) is 11.6 Å². The topological polar surface area (TPSA) is 20.3 Å². The SMILES string of the molecule is C=C1C(=O)N(c2ccc(Cl)cc2)[C@@H]1c1ccc(C)cc1. The van der Waals surface area contributed by atoms with E-state index in [1.165, 1.54) is 5.56 Å². The van der Waals surface area contributed by atoms with E-state index in [1.807, 2.05) is 43.3 Å². The van der Waals surface area contributed by atoms with Gasteiger partial charge in [-0.15, -0.1) is 0 Å². The van der Waals surface area contributed by atoms with E-state index in [9.17, 15) is 4.79 Å². The van der Waals surface area contributed by atoms with Crippen molar-refractivity contribution >= 4 is 23.2 Å². The van der Waals surface area contributed by atoms with Gasteiger partial charge in [-0.3, -0.25) is 9.69 Å². The molecule has 100 valence electrons. The van der Waals surface area contributed by atoms with E-state index in [0.717, 1.165) is 11.3 Å². The molecule has 0 spiro atoms. The number of halogens is 1. The first-order chi connectivity index (χ1) is 9.58. The summed E-state index contributed by atoms with van der Waals surface area (Å²) in [6.07, 6.45) is 0. The van der Waals surface area contributed by atoms with Crippen molar-refractivity contribution in [1.29, 1.82) is 0 Å². The molecule has 0 N–H and O–H groups in total. The molecular formula is C17H14ClNO. The van der Waals surface area contributed by atoms with Crippen LogP contribution in [-0.2, 0) is 4.79 Å². The standard InChI is InChI=1S/C17H14ClNO/c1-11-3-5-13(6-4-11)16-12(2)17(20)19(16)15-9-7-14(18)8-10-15/h3-10,16H,2H2,1H3/t16-/m0/s1. The van der Waals surface area contributed by atoms with Gasteiger partial charge in [-0.1, -0.05) is 48.0 Å². The van der Waals surface area contributed by atoms with Crippen LogP contribution in [-0.4, -0.2) is 5.91 Å². The molecule has 1 atom stereocenters. The highest BCUT2D eigenvalue weighted by atomic mass is 35.5. The van der Waals surface area contributed by atoms with E-state index >= 15 is 0 Å². The van der Waals surface area contributed by atoms with Crippen LogP contribution in [0.15, 0.2) is 60.7 Å². The average Bonchev–Trinajstić information content (AvgIpc) is 2.46. The Morgan fingerprint density at radius 2 is 1.65 bits per heavy atom. The van der Waals surface area contributed by atoms with Crippen LogP contribution < -0.4 is 4.90 Å². The number of aryl methyl sites for hydroxylation is 1. The number of anilines is 1. The number of rotatable bonds is 2. The highest BCUT2D eigenvalue weighted by molar-refractivity contribution is 6.30. The quantitative estimate of drug-likeness (QED) is 0.595. The lowest BCUT2D eigenvalue weighted by atomic mass is 9.88. The zero-order valence-electron chi connectivity index (χ0n) is 11.1. The fraction of sp³-hybridized carbons (Fsp3) is 0.118. The second-order valence-corrected chi connectivity index (χ2v) is 5.43. The van der Waals surface area contributed by atoms with Crippen LogP contribution in [0.5, 0.6) is 0 Å². The molecule has 1 heterocycles. The fourth-order valence-corrected chi connectivity index (χ4v) is 2.57. The molecule has 0 radical (unpaired) electrons. The molecule has 1 aliphatic heterocycles. The number of carbonyl (C=O) groups is 1. The van der Waals surface area contributed by atoms with Gasteiger partial charge in [-0.05, 0) is 36.8 Å². The Kier molecular flexibility index (Phi) is 3.11. The number of hydrogen-bond donors (Lipinski definition) is 0. The van der Waals surface area contributed by atoms with Crippen molar-refractivity contribution in [3.8, 4) is 0 Å². The van der Waals surface area contributed by atoms with Gasteiger partial charge in [0.1, 0.15) is 0 Å². The van der Waals surface area contributed by atoms with Gasteiger partial charge in [0.15, 0.2) is 0 Å². The zero-order chi connectivity index (χ0) is 14.3. The Balaban J connectivity index is 1.97. The van der Waals surface area contributed by atoms with E-state index < -0.39 is 0 Å². The maximum absolute atomic E-state index is 12.1. The second kappa shape index (κ2) is 4.80. The summed E-state index contributed by atoms with van der Waals surface area (Å²) in [6, 6.07) is 15.4. The minimum atomic E-state index is -0.0794. The molecule has 2 nitrogen and oxygen atoms in total. The first-order valence-electron chi connectivity index (χ1n) is 6.42. The van der Waals surface area contributed by atoms with Crippen LogP contribution >= 0.6 is 11.6 Å². The Hall–Kier alpha value is -2.06. The van der Waals surface area contributed by atoms with Crippen molar-refractivity contribution in [1.82, 2.24) is 0 Å². The minimum Gasteiger partial charge on any atom is -0.297 e. The first kappa shape index (κ1) is 12.9. The Morgan fingerprint density at radius 1 is 1.05 bits per heavy atom. The summed E-state index contributed by atoms with van der Waals surface area (Å²) in [5.41, 5.74) is 3.75. The van der Waals surface area contributed by atoms with Gasteiger partial charge in [-0.25, -0.2) is 0 Å². The number of nitrogens with zero attached hydrogens (tertiary/aromatic N) is 1. The minimum absolute atomic E-state index is 0.0297. The normalized spacial score (nSPS) is 18.1. The molecule has 2 aromatic carbocycles. The smallest absolute Gasteiger partial charge is 0.256 e. The summed E-state index contributed by atoms with van der Waals surface area (Å²) < 4.78 is 0. The van der Waals surface area contributed by atoms with Gasteiger partial charge in [0.25, 0.3) is 5.91 Å². The third-order valence-corrected chi connectivity index (χ3v) is 3.83. The van der Waals surface area contributed by atoms with Crippen molar-refractivity contribution < 1.29 is 4.79 Å². The van der Waals surface area contributed by atoms with Crippen molar-refractivity contribution in [3.63, 3.8) is 0 Å². The third-order valence-electron chi connectivity index (χ3n) is 3.58. The molecule has 0 saturated carbocycles. The van der Waals surface area contributed by atoms with Gasteiger partial charge in [0.05, 0.1) is 6.04 Å². The lowest BCUT2D eigenvalue weighted by Crippen LogP contribution is -2.48. The van der Waals surface area contributed by atoms with Crippen molar-refractivity contribution in [2.75, 3.05) is 4.90 Å². The summed E-state index contributed by atoms with van der Waals surface area (Å²) in [6.45, 7) is 5.94. The molecule has 3 heteroatoms. The van der Waals surface area contributed by atoms with Crippen LogP contribution in [0, 0.1) is 6.92 Å². The third kappa shape index (κ3) is 2.02. The number of carbonyl (C=O) groups excluding carboxylic acids is 1. The predicted octanol–water partition coefficient (Wildman–Crippen LogP) is 4.29. The van der Waals surface area contributed by atoms with Gasteiger partial charge in [-0.2, -0.15) is 0 Å². The predicted molar refractivity (Wildman–Crippen MR) is 82.0 cm³/mol. The zero-order valence-corrected chi connectivity index (χ0v) is 11.9. The Bertz CT molecular complexity index is 612. The lowest BCUT2D eigenvalue weighted by molar-refractivity contribution is -0.118. The summed E-state index contributed by atoms with van der Waals surface area (Å²) in [7, 11) is 0. The van der Waals surface area contributed by atoms with Crippen LogP contribution in [0.25, 0.3) is 0 Å². The molecule has 0 aromatic heterocycles. The molecule has 20 heavy (non-hydrogen) atoms. The Morgan fingerprint density at radius 3 is 2.25 bits per heavy atom. The van der Waals surface area contributed by atoms with E-state index in [2.05, 4.69) is 6.58 Å². The molecule has 1 amide bonds.